The smallest absolute Gasteiger partial charge is 0.328 e. The molecule has 4 aliphatic rings. The van der Waals surface area contributed by atoms with Crippen LogP contribution in [0.3, 0.4) is 0 Å². The van der Waals surface area contributed by atoms with Crippen molar-refractivity contribution in [3.63, 3.8) is 0 Å². The van der Waals surface area contributed by atoms with E-state index in [4.69, 9.17) is 9.47 Å². The van der Waals surface area contributed by atoms with Crippen LogP contribution < -0.4 is 10.1 Å². The van der Waals surface area contributed by atoms with Crippen molar-refractivity contribution in [2.45, 2.75) is 44.6 Å². The Balaban J connectivity index is 1.57. The number of rotatable bonds is 5. The van der Waals surface area contributed by atoms with Gasteiger partial charge in [0.05, 0.1) is 14.2 Å². The topological polar surface area (TPSA) is 64.6 Å². The van der Waals surface area contributed by atoms with Crippen LogP contribution in [0.4, 0.5) is 0 Å². The zero-order valence-electron chi connectivity index (χ0n) is 15.5. The first kappa shape index (κ1) is 17.4. The number of carbonyl (C=O) groups is 2. The summed E-state index contributed by atoms with van der Waals surface area (Å²) in [6, 6.07) is 6.40. The van der Waals surface area contributed by atoms with Gasteiger partial charge in [0, 0.05) is 11.0 Å². The molecule has 1 unspecified atom stereocenters. The molecule has 4 bridgehead atoms. The molecule has 0 aliphatic heterocycles. The second-order valence-corrected chi connectivity index (χ2v) is 8.44. The van der Waals surface area contributed by atoms with E-state index in [1.165, 1.54) is 26.4 Å². The van der Waals surface area contributed by atoms with Crippen LogP contribution in [0.5, 0.6) is 5.75 Å². The molecule has 0 saturated heterocycles. The highest BCUT2D eigenvalue weighted by atomic mass is 16.5. The van der Waals surface area contributed by atoms with E-state index in [1.807, 2.05) is 0 Å². The van der Waals surface area contributed by atoms with E-state index in [0.717, 1.165) is 19.3 Å². The number of hydrogen-bond donors (Lipinski definition) is 1. The third-order valence-corrected chi connectivity index (χ3v) is 6.76. The first-order valence-corrected chi connectivity index (χ1v) is 9.56. The molecule has 1 aromatic rings. The SMILES string of the molecule is COC(=O)C(NC(=O)c1ccc(OC)cc1)C12CC3CC(CC(C3)C1)C2. The van der Waals surface area contributed by atoms with Gasteiger partial charge in [-0.3, -0.25) is 4.79 Å². The number of nitrogens with one attached hydrogen (secondary N) is 1. The van der Waals surface area contributed by atoms with Gasteiger partial charge < -0.3 is 14.8 Å². The van der Waals surface area contributed by atoms with Crippen molar-refractivity contribution >= 4 is 11.9 Å². The number of benzene rings is 1. The Kier molecular flexibility index (Phi) is 4.41. The number of hydrogen-bond acceptors (Lipinski definition) is 4. The zero-order chi connectivity index (χ0) is 18.3. The van der Waals surface area contributed by atoms with Gasteiger partial charge in [0.15, 0.2) is 0 Å². The minimum atomic E-state index is -0.560. The lowest BCUT2D eigenvalue weighted by atomic mass is 9.47. The van der Waals surface area contributed by atoms with Crippen LogP contribution in [0.15, 0.2) is 24.3 Å². The number of methoxy groups -OCH3 is 2. The summed E-state index contributed by atoms with van der Waals surface area (Å²) < 4.78 is 10.2. The van der Waals surface area contributed by atoms with Gasteiger partial charge in [-0.2, -0.15) is 0 Å². The Morgan fingerprint density at radius 3 is 2.00 bits per heavy atom. The molecule has 0 spiro atoms. The quantitative estimate of drug-likeness (QED) is 0.822. The predicted molar refractivity (Wildman–Crippen MR) is 96.9 cm³/mol. The molecule has 0 aromatic heterocycles. The molecular weight excluding hydrogens is 330 g/mol. The number of esters is 1. The van der Waals surface area contributed by atoms with Crippen LogP contribution in [0, 0.1) is 23.2 Å². The van der Waals surface area contributed by atoms with Crippen molar-refractivity contribution in [3.05, 3.63) is 29.8 Å². The Morgan fingerprint density at radius 1 is 1.00 bits per heavy atom. The lowest BCUT2D eigenvalue weighted by Gasteiger charge is -2.58. The van der Waals surface area contributed by atoms with Gasteiger partial charge in [0.25, 0.3) is 5.91 Å². The first-order chi connectivity index (χ1) is 12.5. The highest BCUT2D eigenvalue weighted by molar-refractivity contribution is 5.97. The van der Waals surface area contributed by atoms with E-state index in [1.54, 1.807) is 31.4 Å². The maximum Gasteiger partial charge on any atom is 0.328 e. The summed E-state index contributed by atoms with van der Waals surface area (Å²) >= 11 is 0. The molecule has 140 valence electrons. The van der Waals surface area contributed by atoms with Crippen LogP contribution >= 0.6 is 0 Å². The molecule has 1 N–H and O–H groups in total. The molecule has 26 heavy (non-hydrogen) atoms. The third kappa shape index (κ3) is 2.97. The normalized spacial score (nSPS) is 32.8. The van der Waals surface area contributed by atoms with E-state index in [-0.39, 0.29) is 17.3 Å². The van der Waals surface area contributed by atoms with Crippen LogP contribution in [0.1, 0.15) is 48.9 Å². The standard InChI is InChI=1S/C21H27NO4/c1-25-17-5-3-16(4-6-17)19(23)22-18(20(24)26-2)21-10-13-7-14(11-21)9-15(8-13)12-21/h3-6,13-15,18H,7-12H2,1-2H3,(H,22,23). The van der Waals surface area contributed by atoms with Gasteiger partial charge in [0.1, 0.15) is 11.8 Å². The van der Waals surface area contributed by atoms with Gasteiger partial charge in [0.2, 0.25) is 0 Å². The molecular formula is C21H27NO4. The molecule has 4 fully saturated rings. The molecule has 4 saturated carbocycles. The summed E-state index contributed by atoms with van der Waals surface area (Å²) in [7, 11) is 3.00. The predicted octanol–water partition coefficient (Wildman–Crippen LogP) is 3.18. The van der Waals surface area contributed by atoms with E-state index >= 15 is 0 Å². The Morgan fingerprint density at radius 2 is 1.54 bits per heavy atom. The number of amides is 1. The fourth-order valence-corrected chi connectivity index (χ4v) is 6.07. The highest BCUT2D eigenvalue weighted by Crippen LogP contribution is 2.61. The van der Waals surface area contributed by atoms with Crippen LogP contribution in [0.2, 0.25) is 0 Å². The van der Waals surface area contributed by atoms with E-state index in [9.17, 15) is 9.59 Å². The van der Waals surface area contributed by atoms with Crippen molar-refractivity contribution in [1.82, 2.24) is 5.32 Å². The summed E-state index contributed by atoms with van der Waals surface area (Å²) in [5.41, 5.74) is 0.397. The lowest BCUT2D eigenvalue weighted by Crippen LogP contribution is -2.60. The van der Waals surface area contributed by atoms with Crippen molar-refractivity contribution in [2.24, 2.45) is 23.2 Å². The van der Waals surface area contributed by atoms with Crippen LogP contribution in [-0.4, -0.2) is 32.1 Å². The summed E-state index contributed by atoms with van der Waals surface area (Å²) in [5, 5.41) is 3.02. The summed E-state index contributed by atoms with van der Waals surface area (Å²) in [5.74, 6) is 2.27. The average Bonchev–Trinajstić information content (AvgIpc) is 2.64. The van der Waals surface area contributed by atoms with Gasteiger partial charge in [-0.15, -0.1) is 0 Å². The Labute approximate surface area is 154 Å². The van der Waals surface area contributed by atoms with E-state index in [0.29, 0.717) is 29.1 Å². The fraction of sp³-hybridized carbons (Fsp3) is 0.619. The highest BCUT2D eigenvalue weighted by Gasteiger charge is 2.56. The Bertz CT molecular complexity index is 661. The van der Waals surface area contributed by atoms with Gasteiger partial charge in [-0.25, -0.2) is 4.79 Å². The monoisotopic (exact) mass is 357 g/mol. The first-order valence-electron chi connectivity index (χ1n) is 9.56. The molecule has 1 aromatic carbocycles. The molecule has 0 heterocycles. The second-order valence-electron chi connectivity index (χ2n) is 8.44. The van der Waals surface area contributed by atoms with Crippen molar-refractivity contribution in [1.29, 1.82) is 0 Å². The average molecular weight is 357 g/mol. The van der Waals surface area contributed by atoms with Crippen LogP contribution in [-0.2, 0) is 9.53 Å². The van der Waals surface area contributed by atoms with Gasteiger partial charge in [-0.1, -0.05) is 0 Å². The second kappa shape index (κ2) is 6.60. The van der Waals surface area contributed by atoms with E-state index < -0.39 is 6.04 Å². The fourth-order valence-electron chi connectivity index (χ4n) is 6.07. The maximum absolute atomic E-state index is 12.8. The molecule has 1 atom stereocenters. The van der Waals surface area contributed by atoms with Crippen molar-refractivity contribution < 1.29 is 19.1 Å². The molecule has 5 nitrogen and oxygen atoms in total. The molecule has 0 radical (unpaired) electrons. The molecule has 4 aliphatic carbocycles. The van der Waals surface area contributed by atoms with Crippen molar-refractivity contribution in [3.8, 4) is 5.75 Å². The summed E-state index contributed by atoms with van der Waals surface area (Å²) in [6.45, 7) is 0. The summed E-state index contributed by atoms with van der Waals surface area (Å²) in [6.07, 6.45) is 6.96. The summed E-state index contributed by atoms with van der Waals surface area (Å²) in [4.78, 5) is 25.4. The van der Waals surface area contributed by atoms with Crippen molar-refractivity contribution in [2.75, 3.05) is 14.2 Å². The third-order valence-electron chi connectivity index (χ3n) is 6.76. The van der Waals surface area contributed by atoms with E-state index in [2.05, 4.69) is 5.32 Å². The molecule has 1 amide bonds. The minimum Gasteiger partial charge on any atom is -0.497 e. The Hall–Kier alpha value is -2.04. The molecule has 5 rings (SSSR count). The van der Waals surface area contributed by atoms with Crippen LogP contribution in [0.25, 0.3) is 0 Å². The maximum atomic E-state index is 12.8. The minimum absolute atomic E-state index is 0.135. The lowest BCUT2D eigenvalue weighted by molar-refractivity contribution is -0.154. The molecule has 5 heteroatoms. The van der Waals surface area contributed by atoms with Gasteiger partial charge in [-0.05, 0) is 80.5 Å². The van der Waals surface area contributed by atoms with Gasteiger partial charge >= 0.3 is 5.97 Å². The number of carbonyl (C=O) groups excluding carboxylic acids is 2. The number of ether oxygens (including phenoxy) is 2. The zero-order valence-corrected chi connectivity index (χ0v) is 15.5. The largest absolute Gasteiger partial charge is 0.497 e.